The molecule has 4 heteroatoms. The van der Waals surface area contributed by atoms with Crippen molar-refractivity contribution in [3.63, 3.8) is 0 Å². The molecule has 3 atom stereocenters. The molecule has 3 aliphatic rings. The predicted octanol–water partition coefficient (Wildman–Crippen LogP) is 2.88. The number of ether oxygens (including phenoxy) is 3. The lowest BCUT2D eigenvalue weighted by Gasteiger charge is -2.32. The van der Waals surface area contributed by atoms with Gasteiger partial charge >= 0.3 is 0 Å². The van der Waals surface area contributed by atoms with Crippen LogP contribution in [0.25, 0.3) is 0 Å². The monoisotopic (exact) mass is 244 g/mol. The molecule has 3 fully saturated rings. The lowest BCUT2D eigenvalue weighted by atomic mass is 10.4. The summed E-state index contributed by atoms with van der Waals surface area (Å²) >= 11 is 0. The van der Waals surface area contributed by atoms with Gasteiger partial charge in [0.2, 0.25) is 0 Å². The van der Waals surface area contributed by atoms with E-state index in [1.54, 1.807) is 0 Å². The Hall–Kier alpha value is 0.310. The third kappa shape index (κ3) is 2.28. The first-order chi connectivity index (χ1) is 7.95. The van der Waals surface area contributed by atoms with Gasteiger partial charge in [0.1, 0.15) is 0 Å². The average molecular weight is 244 g/mol. The Morgan fingerprint density at radius 2 is 1.00 bits per heavy atom. The van der Waals surface area contributed by atoms with E-state index in [0.29, 0.717) is 17.5 Å². The van der Waals surface area contributed by atoms with Crippen molar-refractivity contribution < 1.29 is 14.2 Å². The molecule has 0 spiro atoms. The van der Waals surface area contributed by atoms with E-state index in [2.05, 4.69) is 0 Å². The third-order valence-corrected chi connectivity index (χ3v) is 6.93. The fourth-order valence-electron chi connectivity index (χ4n) is 2.94. The van der Waals surface area contributed by atoms with E-state index in [1.165, 1.54) is 38.5 Å². The summed E-state index contributed by atoms with van der Waals surface area (Å²) in [6.07, 6.45) is 7.36. The standard InChI is InChI=1S/C12H21O3P/c1-4-10(13-7-1)16(11-5-2-8-14-11)12-6-3-9-15-12/h10-12H,1-9H2. The van der Waals surface area contributed by atoms with Crippen molar-refractivity contribution in [2.45, 2.75) is 56.1 Å². The summed E-state index contributed by atoms with van der Waals surface area (Å²) in [4.78, 5) is 0. The first-order valence-electron chi connectivity index (χ1n) is 6.57. The van der Waals surface area contributed by atoms with Crippen molar-refractivity contribution >= 4 is 7.92 Å². The molecule has 92 valence electrons. The Bertz CT molecular complexity index is 180. The van der Waals surface area contributed by atoms with Crippen molar-refractivity contribution in [3.05, 3.63) is 0 Å². The predicted molar refractivity (Wildman–Crippen MR) is 63.8 cm³/mol. The highest BCUT2D eigenvalue weighted by atomic mass is 31.1. The minimum Gasteiger partial charge on any atom is -0.374 e. The second-order valence-electron chi connectivity index (χ2n) is 4.85. The molecule has 0 aliphatic carbocycles. The second-order valence-corrected chi connectivity index (χ2v) is 7.47. The highest BCUT2D eigenvalue weighted by Gasteiger charge is 2.41. The average Bonchev–Trinajstić information content (AvgIpc) is 3.02. The zero-order valence-electron chi connectivity index (χ0n) is 9.77. The topological polar surface area (TPSA) is 27.7 Å². The van der Waals surface area contributed by atoms with E-state index < -0.39 is 0 Å². The molecule has 0 aromatic carbocycles. The summed E-state index contributed by atoms with van der Waals surface area (Å²) in [6.45, 7) is 2.84. The van der Waals surface area contributed by atoms with Gasteiger partial charge in [0.25, 0.3) is 0 Å². The summed E-state index contributed by atoms with van der Waals surface area (Å²) in [7, 11) is -0.231. The summed E-state index contributed by atoms with van der Waals surface area (Å²) in [5.41, 5.74) is 0. The maximum Gasteiger partial charge on any atom is 0.0816 e. The number of hydrogen-bond donors (Lipinski definition) is 0. The van der Waals surface area contributed by atoms with Gasteiger partial charge in [-0.05, 0) is 46.4 Å². The molecule has 0 radical (unpaired) electrons. The Balaban J connectivity index is 1.70. The van der Waals surface area contributed by atoms with Crippen LogP contribution in [0.3, 0.4) is 0 Å². The largest absolute Gasteiger partial charge is 0.374 e. The fourth-order valence-corrected chi connectivity index (χ4v) is 6.33. The molecule has 0 bridgehead atoms. The van der Waals surface area contributed by atoms with Crippen LogP contribution < -0.4 is 0 Å². The van der Waals surface area contributed by atoms with Crippen LogP contribution in [0.4, 0.5) is 0 Å². The molecule has 3 nitrogen and oxygen atoms in total. The molecule has 0 saturated carbocycles. The highest BCUT2D eigenvalue weighted by molar-refractivity contribution is 7.59. The number of rotatable bonds is 3. The number of hydrogen-bond acceptors (Lipinski definition) is 3. The van der Waals surface area contributed by atoms with Crippen molar-refractivity contribution in [2.75, 3.05) is 19.8 Å². The van der Waals surface area contributed by atoms with Gasteiger partial charge < -0.3 is 14.2 Å². The van der Waals surface area contributed by atoms with Gasteiger partial charge in [-0.2, -0.15) is 0 Å². The van der Waals surface area contributed by atoms with Crippen LogP contribution in [0.5, 0.6) is 0 Å². The van der Waals surface area contributed by atoms with Crippen molar-refractivity contribution in [1.29, 1.82) is 0 Å². The lowest BCUT2D eigenvalue weighted by molar-refractivity contribution is 0.121. The van der Waals surface area contributed by atoms with Crippen LogP contribution in [-0.2, 0) is 14.2 Å². The molecule has 16 heavy (non-hydrogen) atoms. The molecule has 0 amide bonds. The molecule has 0 N–H and O–H groups in total. The minimum absolute atomic E-state index is 0.231. The third-order valence-electron chi connectivity index (χ3n) is 3.71. The Morgan fingerprint density at radius 3 is 1.25 bits per heavy atom. The quantitative estimate of drug-likeness (QED) is 0.714. The van der Waals surface area contributed by atoms with Gasteiger partial charge in [0.15, 0.2) is 0 Å². The Kier molecular flexibility index (Phi) is 3.78. The van der Waals surface area contributed by atoms with Crippen molar-refractivity contribution in [2.24, 2.45) is 0 Å². The smallest absolute Gasteiger partial charge is 0.0816 e. The van der Waals surface area contributed by atoms with E-state index >= 15 is 0 Å². The zero-order valence-corrected chi connectivity index (χ0v) is 10.7. The van der Waals surface area contributed by atoms with Crippen LogP contribution in [-0.4, -0.2) is 37.4 Å². The molecular weight excluding hydrogens is 223 g/mol. The molecule has 0 aromatic rings. The fraction of sp³-hybridized carbons (Fsp3) is 1.00. The second kappa shape index (κ2) is 5.30. The van der Waals surface area contributed by atoms with E-state index in [-0.39, 0.29) is 7.92 Å². The zero-order chi connectivity index (χ0) is 10.8. The van der Waals surface area contributed by atoms with Crippen LogP contribution in [0.1, 0.15) is 38.5 Å². The van der Waals surface area contributed by atoms with Gasteiger partial charge in [-0.1, -0.05) is 0 Å². The maximum atomic E-state index is 5.91. The van der Waals surface area contributed by atoms with E-state index in [4.69, 9.17) is 14.2 Å². The lowest BCUT2D eigenvalue weighted by Crippen LogP contribution is -2.22. The molecule has 3 heterocycles. The van der Waals surface area contributed by atoms with Crippen molar-refractivity contribution in [3.8, 4) is 0 Å². The van der Waals surface area contributed by atoms with Crippen LogP contribution >= 0.6 is 7.92 Å². The molecule has 3 unspecified atom stereocenters. The SMILES string of the molecule is C1COC(P(C2CCCO2)C2CCCO2)C1. The maximum absolute atomic E-state index is 5.91. The van der Waals surface area contributed by atoms with Gasteiger partial charge in [-0.3, -0.25) is 0 Å². The summed E-state index contributed by atoms with van der Waals surface area (Å²) in [5, 5.41) is 0. The van der Waals surface area contributed by atoms with E-state index in [0.717, 1.165) is 19.8 Å². The summed E-state index contributed by atoms with van der Waals surface area (Å²) in [5.74, 6) is 1.38. The van der Waals surface area contributed by atoms with Crippen LogP contribution in [0, 0.1) is 0 Å². The Labute approximate surface area is 98.6 Å². The highest BCUT2D eigenvalue weighted by Crippen LogP contribution is 2.59. The summed E-state index contributed by atoms with van der Waals surface area (Å²) < 4.78 is 17.7. The Morgan fingerprint density at radius 1 is 0.625 bits per heavy atom. The molecular formula is C12H21O3P. The first kappa shape index (κ1) is 11.4. The van der Waals surface area contributed by atoms with Crippen LogP contribution in [0.15, 0.2) is 0 Å². The first-order valence-corrected chi connectivity index (χ1v) is 8.12. The molecule has 3 rings (SSSR count). The molecule has 0 aromatic heterocycles. The van der Waals surface area contributed by atoms with Gasteiger partial charge in [0.05, 0.1) is 17.5 Å². The normalized spacial score (nSPS) is 41.6. The van der Waals surface area contributed by atoms with Crippen molar-refractivity contribution in [1.82, 2.24) is 0 Å². The minimum atomic E-state index is -0.231. The van der Waals surface area contributed by atoms with E-state index in [9.17, 15) is 0 Å². The molecule has 3 aliphatic heterocycles. The van der Waals surface area contributed by atoms with Gasteiger partial charge in [-0.25, -0.2) is 0 Å². The molecule has 3 saturated heterocycles. The summed E-state index contributed by atoms with van der Waals surface area (Å²) in [6, 6.07) is 0. The van der Waals surface area contributed by atoms with Crippen LogP contribution in [0.2, 0.25) is 0 Å². The van der Waals surface area contributed by atoms with Gasteiger partial charge in [-0.15, -0.1) is 0 Å². The van der Waals surface area contributed by atoms with Gasteiger partial charge in [0, 0.05) is 19.8 Å². The van der Waals surface area contributed by atoms with E-state index in [1.807, 2.05) is 0 Å².